The molecule has 3 aromatic rings. The summed E-state index contributed by atoms with van der Waals surface area (Å²) in [5, 5.41) is 17.0. The van der Waals surface area contributed by atoms with E-state index in [2.05, 4.69) is 10.4 Å². The lowest BCUT2D eigenvalue weighted by atomic mass is 10.1. The Hall–Kier alpha value is -3.48. The number of carboxylic acid groups (broad SMARTS) is 1. The molecule has 4 rings (SSSR count). The first-order chi connectivity index (χ1) is 13.1. The standard InChI is InChI=1S/C20H17N3O4/c24-18(21-13-10-11-13)17(12-6-2-1-3-7-12)23-19(25)15-9-5-4-8-14(15)16(22-23)20(26)27/h1-9,13,17H,10-11H2,(H,21,24)(H,26,27). The number of carboxylic acids is 1. The number of aromatic nitrogens is 2. The monoisotopic (exact) mass is 363 g/mol. The fourth-order valence-corrected chi connectivity index (χ4v) is 3.09. The molecule has 27 heavy (non-hydrogen) atoms. The van der Waals surface area contributed by atoms with Gasteiger partial charge in [0.15, 0.2) is 11.7 Å². The average molecular weight is 363 g/mol. The number of aromatic carboxylic acids is 1. The molecule has 1 atom stereocenters. The molecule has 2 N–H and O–H groups in total. The van der Waals surface area contributed by atoms with Crippen LogP contribution >= 0.6 is 0 Å². The Bertz CT molecular complexity index is 1090. The number of nitrogens with one attached hydrogen (secondary N) is 1. The first-order valence-corrected chi connectivity index (χ1v) is 8.66. The number of carbonyl (C=O) groups excluding carboxylic acids is 1. The Morgan fingerprint density at radius 2 is 1.67 bits per heavy atom. The topological polar surface area (TPSA) is 101 Å². The average Bonchev–Trinajstić information content (AvgIpc) is 3.48. The van der Waals surface area contributed by atoms with Crippen molar-refractivity contribution in [2.45, 2.75) is 24.9 Å². The molecule has 0 spiro atoms. The zero-order valence-electron chi connectivity index (χ0n) is 14.3. The normalized spacial score (nSPS) is 14.7. The number of amides is 1. The van der Waals surface area contributed by atoms with Crippen molar-refractivity contribution in [1.29, 1.82) is 0 Å². The Kier molecular flexibility index (Phi) is 4.19. The second kappa shape index (κ2) is 6.68. The summed E-state index contributed by atoms with van der Waals surface area (Å²) in [6, 6.07) is 14.2. The lowest BCUT2D eigenvalue weighted by Crippen LogP contribution is -2.40. The number of carbonyl (C=O) groups is 2. The lowest BCUT2D eigenvalue weighted by molar-refractivity contribution is -0.123. The predicted octanol–water partition coefficient (Wildman–Crippen LogP) is 1.96. The van der Waals surface area contributed by atoms with Crippen LogP contribution in [0.1, 0.15) is 34.9 Å². The molecule has 0 saturated heterocycles. The van der Waals surface area contributed by atoms with Crippen molar-refractivity contribution >= 4 is 22.6 Å². The first kappa shape index (κ1) is 17.0. The molecule has 1 fully saturated rings. The van der Waals surface area contributed by atoms with E-state index in [1.807, 2.05) is 0 Å². The fraction of sp³-hybridized carbons (Fsp3) is 0.200. The van der Waals surface area contributed by atoms with Crippen LogP contribution in [0.4, 0.5) is 0 Å². The Morgan fingerprint density at radius 3 is 2.30 bits per heavy atom. The van der Waals surface area contributed by atoms with Gasteiger partial charge in [0, 0.05) is 11.4 Å². The number of nitrogens with zero attached hydrogens (tertiary/aromatic N) is 2. The van der Waals surface area contributed by atoms with E-state index in [9.17, 15) is 19.5 Å². The van der Waals surface area contributed by atoms with Crippen LogP contribution in [-0.4, -0.2) is 32.8 Å². The third-order valence-electron chi connectivity index (χ3n) is 4.56. The summed E-state index contributed by atoms with van der Waals surface area (Å²) in [5.41, 5.74) is -0.197. The van der Waals surface area contributed by atoms with E-state index in [0.29, 0.717) is 5.56 Å². The molecule has 1 aliphatic carbocycles. The molecule has 136 valence electrons. The van der Waals surface area contributed by atoms with E-state index in [1.165, 1.54) is 0 Å². The maximum absolute atomic E-state index is 13.1. The predicted molar refractivity (Wildman–Crippen MR) is 98.7 cm³/mol. The van der Waals surface area contributed by atoms with Crippen molar-refractivity contribution in [3.8, 4) is 0 Å². The summed E-state index contributed by atoms with van der Waals surface area (Å²) in [7, 11) is 0. The van der Waals surface area contributed by atoms with E-state index >= 15 is 0 Å². The highest BCUT2D eigenvalue weighted by molar-refractivity contribution is 6.01. The molecule has 7 nitrogen and oxygen atoms in total. The maximum Gasteiger partial charge on any atom is 0.357 e. The smallest absolute Gasteiger partial charge is 0.357 e. The van der Waals surface area contributed by atoms with Crippen LogP contribution in [0.5, 0.6) is 0 Å². The molecule has 7 heteroatoms. The largest absolute Gasteiger partial charge is 0.476 e. The van der Waals surface area contributed by atoms with E-state index < -0.39 is 17.6 Å². The van der Waals surface area contributed by atoms with Crippen LogP contribution in [0.15, 0.2) is 59.4 Å². The van der Waals surface area contributed by atoms with Gasteiger partial charge in [0.2, 0.25) is 5.91 Å². The summed E-state index contributed by atoms with van der Waals surface area (Å²) in [6.07, 6.45) is 1.79. The van der Waals surface area contributed by atoms with Gasteiger partial charge in [-0.15, -0.1) is 0 Å². The van der Waals surface area contributed by atoms with Crippen LogP contribution in [0.2, 0.25) is 0 Å². The Labute approximate surface area is 154 Å². The third kappa shape index (κ3) is 3.19. The van der Waals surface area contributed by atoms with Crippen LogP contribution in [0, 0.1) is 0 Å². The van der Waals surface area contributed by atoms with Crippen LogP contribution < -0.4 is 10.9 Å². The molecule has 1 heterocycles. The van der Waals surface area contributed by atoms with Gasteiger partial charge in [-0.05, 0) is 24.5 Å². The minimum absolute atomic E-state index is 0.0961. The second-order valence-electron chi connectivity index (χ2n) is 6.55. The lowest BCUT2D eigenvalue weighted by Gasteiger charge is -2.20. The first-order valence-electron chi connectivity index (χ1n) is 8.66. The van der Waals surface area contributed by atoms with Gasteiger partial charge in [-0.2, -0.15) is 5.10 Å². The van der Waals surface area contributed by atoms with Crippen molar-refractivity contribution in [3.05, 3.63) is 76.2 Å². The van der Waals surface area contributed by atoms with Crippen molar-refractivity contribution in [2.24, 2.45) is 0 Å². The molecular formula is C20H17N3O4. The number of hydrogen-bond acceptors (Lipinski definition) is 4. The van der Waals surface area contributed by atoms with Gasteiger partial charge in [0.25, 0.3) is 5.56 Å². The fourth-order valence-electron chi connectivity index (χ4n) is 3.09. The Balaban J connectivity index is 1.95. The molecule has 0 radical (unpaired) electrons. The summed E-state index contributed by atoms with van der Waals surface area (Å²) < 4.78 is 0.985. The van der Waals surface area contributed by atoms with Gasteiger partial charge in [-0.1, -0.05) is 48.5 Å². The summed E-state index contributed by atoms with van der Waals surface area (Å²) in [5.74, 6) is -1.63. The van der Waals surface area contributed by atoms with Crippen molar-refractivity contribution < 1.29 is 14.7 Å². The van der Waals surface area contributed by atoms with Gasteiger partial charge in [0.05, 0.1) is 5.39 Å². The van der Waals surface area contributed by atoms with E-state index in [0.717, 1.165) is 17.5 Å². The van der Waals surface area contributed by atoms with Crippen molar-refractivity contribution in [2.75, 3.05) is 0 Å². The molecule has 1 unspecified atom stereocenters. The number of rotatable bonds is 5. The van der Waals surface area contributed by atoms with Gasteiger partial charge in [-0.25, -0.2) is 9.48 Å². The van der Waals surface area contributed by atoms with Gasteiger partial charge in [0.1, 0.15) is 0 Å². The zero-order valence-corrected chi connectivity index (χ0v) is 14.3. The molecule has 1 aliphatic rings. The highest BCUT2D eigenvalue weighted by Crippen LogP contribution is 2.23. The quantitative estimate of drug-likeness (QED) is 0.722. The molecule has 1 aromatic heterocycles. The SMILES string of the molecule is O=C(O)c1nn(C(C(=O)NC2CC2)c2ccccc2)c(=O)c2ccccc12. The Morgan fingerprint density at radius 1 is 1.04 bits per heavy atom. The van der Waals surface area contributed by atoms with Crippen LogP contribution in [-0.2, 0) is 4.79 Å². The van der Waals surface area contributed by atoms with Crippen LogP contribution in [0.25, 0.3) is 10.8 Å². The summed E-state index contributed by atoms with van der Waals surface area (Å²) >= 11 is 0. The van der Waals surface area contributed by atoms with Crippen LogP contribution in [0.3, 0.4) is 0 Å². The minimum Gasteiger partial charge on any atom is -0.476 e. The molecular weight excluding hydrogens is 346 g/mol. The number of benzene rings is 2. The highest BCUT2D eigenvalue weighted by atomic mass is 16.4. The zero-order chi connectivity index (χ0) is 19.0. The summed E-state index contributed by atoms with van der Waals surface area (Å²) in [4.78, 5) is 37.7. The van der Waals surface area contributed by atoms with Gasteiger partial charge in [-0.3, -0.25) is 9.59 Å². The van der Waals surface area contributed by atoms with E-state index in [1.54, 1.807) is 54.6 Å². The van der Waals surface area contributed by atoms with Crippen molar-refractivity contribution in [1.82, 2.24) is 15.1 Å². The van der Waals surface area contributed by atoms with Gasteiger partial charge >= 0.3 is 5.97 Å². The number of fused-ring (bicyclic) bond motifs is 1. The van der Waals surface area contributed by atoms with E-state index in [-0.39, 0.29) is 28.4 Å². The van der Waals surface area contributed by atoms with E-state index in [4.69, 9.17) is 0 Å². The minimum atomic E-state index is -1.26. The molecule has 1 amide bonds. The van der Waals surface area contributed by atoms with Crippen molar-refractivity contribution in [3.63, 3.8) is 0 Å². The molecule has 0 bridgehead atoms. The number of hydrogen-bond donors (Lipinski definition) is 2. The highest BCUT2D eigenvalue weighted by Gasteiger charge is 2.31. The molecule has 0 aliphatic heterocycles. The summed E-state index contributed by atoms with van der Waals surface area (Å²) in [6.45, 7) is 0. The third-order valence-corrected chi connectivity index (χ3v) is 4.56. The maximum atomic E-state index is 13.1. The second-order valence-corrected chi connectivity index (χ2v) is 6.55. The molecule has 2 aromatic carbocycles. The molecule has 1 saturated carbocycles. The van der Waals surface area contributed by atoms with Gasteiger partial charge < -0.3 is 10.4 Å².